The Morgan fingerprint density at radius 1 is 0.947 bits per heavy atom. The molecule has 2 nitrogen and oxygen atoms in total. The van der Waals surface area contributed by atoms with Crippen LogP contribution in [0.3, 0.4) is 0 Å². The second kappa shape index (κ2) is 7.06. The van der Waals surface area contributed by atoms with Crippen LogP contribution < -0.4 is 10.6 Å². The van der Waals surface area contributed by atoms with Crippen molar-refractivity contribution in [1.82, 2.24) is 0 Å². The third-order valence-electron chi connectivity index (χ3n) is 2.90. The minimum absolute atomic E-state index is 0.139. The van der Waals surface area contributed by atoms with E-state index in [1.54, 1.807) is 0 Å². The number of esters is 1. The number of carbonyl (C=O) groups excluding carboxylic acids is 1. The molecule has 0 bridgehead atoms. The van der Waals surface area contributed by atoms with Gasteiger partial charge in [0.2, 0.25) is 0 Å². The average Bonchev–Trinajstić information content (AvgIpc) is 2.49. The van der Waals surface area contributed by atoms with Gasteiger partial charge in [0.1, 0.15) is 0 Å². The summed E-state index contributed by atoms with van der Waals surface area (Å²) >= 11 is 0. The Labute approximate surface area is 115 Å². The van der Waals surface area contributed by atoms with Gasteiger partial charge in [-0.2, -0.15) is 0 Å². The summed E-state index contributed by atoms with van der Waals surface area (Å²) in [6, 6.07) is 20.8. The van der Waals surface area contributed by atoms with Crippen molar-refractivity contribution in [3.63, 3.8) is 0 Å². The SMILES string of the molecule is COC(=O)CCP(c1ccccc1)c1ccccc1. The molecule has 0 saturated heterocycles. The summed E-state index contributed by atoms with van der Waals surface area (Å²) in [5, 5.41) is 2.60. The van der Waals surface area contributed by atoms with Crippen molar-refractivity contribution in [3.05, 3.63) is 60.7 Å². The molecule has 0 N–H and O–H groups in total. The summed E-state index contributed by atoms with van der Waals surface area (Å²) in [7, 11) is 0.950. The molecule has 0 heterocycles. The summed E-state index contributed by atoms with van der Waals surface area (Å²) in [5.41, 5.74) is 0. The molecule has 0 fully saturated rings. The molecule has 19 heavy (non-hydrogen) atoms. The fourth-order valence-electron chi connectivity index (χ4n) is 1.93. The predicted molar refractivity (Wildman–Crippen MR) is 80.6 cm³/mol. The van der Waals surface area contributed by atoms with Crippen LogP contribution in [-0.4, -0.2) is 19.2 Å². The highest BCUT2D eigenvalue weighted by Gasteiger charge is 2.15. The quantitative estimate of drug-likeness (QED) is 0.618. The first-order valence-electron chi connectivity index (χ1n) is 6.25. The van der Waals surface area contributed by atoms with Gasteiger partial charge in [0.15, 0.2) is 0 Å². The van der Waals surface area contributed by atoms with Crippen LogP contribution in [0, 0.1) is 0 Å². The van der Waals surface area contributed by atoms with E-state index < -0.39 is 7.92 Å². The molecule has 0 amide bonds. The fourth-order valence-corrected chi connectivity index (χ4v) is 4.21. The molecule has 2 aromatic carbocycles. The molecular weight excluding hydrogens is 255 g/mol. The van der Waals surface area contributed by atoms with Gasteiger partial charge in [0, 0.05) is 0 Å². The van der Waals surface area contributed by atoms with Gasteiger partial charge in [-0.15, -0.1) is 0 Å². The maximum Gasteiger partial charge on any atom is 0.305 e. The maximum atomic E-state index is 11.4. The number of benzene rings is 2. The number of carbonyl (C=O) groups is 1. The smallest absolute Gasteiger partial charge is 0.305 e. The van der Waals surface area contributed by atoms with Crippen LogP contribution in [0.5, 0.6) is 0 Å². The first kappa shape index (κ1) is 13.8. The van der Waals surface area contributed by atoms with E-state index in [4.69, 9.17) is 4.74 Å². The number of rotatable bonds is 5. The number of hydrogen-bond donors (Lipinski definition) is 0. The number of methoxy groups -OCH3 is 1. The van der Waals surface area contributed by atoms with Gasteiger partial charge in [0.05, 0.1) is 13.5 Å². The summed E-state index contributed by atoms with van der Waals surface area (Å²) in [4.78, 5) is 11.4. The van der Waals surface area contributed by atoms with Crippen LogP contribution in [0.2, 0.25) is 0 Å². The van der Waals surface area contributed by atoms with Crippen molar-refractivity contribution in [2.75, 3.05) is 13.3 Å². The lowest BCUT2D eigenvalue weighted by Gasteiger charge is -2.18. The highest BCUT2D eigenvalue weighted by molar-refractivity contribution is 7.73. The topological polar surface area (TPSA) is 26.3 Å². The summed E-state index contributed by atoms with van der Waals surface area (Å²) in [6.45, 7) is 0. The highest BCUT2D eigenvalue weighted by Crippen LogP contribution is 2.34. The van der Waals surface area contributed by atoms with Crippen LogP contribution in [0.1, 0.15) is 6.42 Å². The molecule has 0 unspecified atom stereocenters. The van der Waals surface area contributed by atoms with Gasteiger partial charge in [-0.05, 0) is 24.7 Å². The lowest BCUT2D eigenvalue weighted by molar-refractivity contribution is -0.140. The predicted octanol–water partition coefficient (Wildman–Crippen LogP) is 2.68. The molecule has 2 aromatic rings. The standard InChI is InChI=1S/C16H17O2P/c1-18-16(17)12-13-19(14-8-4-2-5-9-14)15-10-6-3-7-11-15/h2-11H,12-13H2,1H3. The van der Waals surface area contributed by atoms with Gasteiger partial charge >= 0.3 is 5.97 Å². The second-order valence-corrected chi connectivity index (χ2v) is 6.48. The number of ether oxygens (including phenoxy) is 1. The van der Waals surface area contributed by atoms with Crippen LogP contribution in [0.25, 0.3) is 0 Å². The molecule has 0 atom stereocenters. The Morgan fingerprint density at radius 3 is 1.84 bits per heavy atom. The molecule has 0 spiro atoms. The first-order chi connectivity index (χ1) is 9.31. The lowest BCUT2D eigenvalue weighted by Crippen LogP contribution is -2.16. The van der Waals surface area contributed by atoms with E-state index in [1.165, 1.54) is 17.7 Å². The molecule has 3 heteroatoms. The molecule has 0 aliphatic rings. The maximum absolute atomic E-state index is 11.4. The highest BCUT2D eigenvalue weighted by atomic mass is 31.1. The molecule has 0 aliphatic carbocycles. The minimum Gasteiger partial charge on any atom is -0.469 e. The Morgan fingerprint density at radius 2 is 1.42 bits per heavy atom. The zero-order valence-electron chi connectivity index (χ0n) is 11.0. The van der Waals surface area contributed by atoms with Gasteiger partial charge < -0.3 is 4.74 Å². The van der Waals surface area contributed by atoms with Gasteiger partial charge in [-0.25, -0.2) is 0 Å². The lowest BCUT2D eigenvalue weighted by atomic mass is 10.4. The van der Waals surface area contributed by atoms with E-state index in [9.17, 15) is 4.79 Å². The molecule has 0 saturated carbocycles. The largest absolute Gasteiger partial charge is 0.469 e. The number of hydrogen-bond acceptors (Lipinski definition) is 2. The molecule has 2 rings (SSSR count). The van der Waals surface area contributed by atoms with Crippen molar-refractivity contribution < 1.29 is 9.53 Å². The van der Waals surface area contributed by atoms with E-state index >= 15 is 0 Å². The average molecular weight is 272 g/mol. The van der Waals surface area contributed by atoms with Crippen LogP contribution in [-0.2, 0) is 9.53 Å². The summed E-state index contributed by atoms with van der Waals surface area (Å²) in [6.07, 6.45) is 1.29. The van der Waals surface area contributed by atoms with Crippen LogP contribution >= 0.6 is 7.92 Å². The zero-order chi connectivity index (χ0) is 13.5. The summed E-state index contributed by atoms with van der Waals surface area (Å²) in [5.74, 6) is -0.139. The monoisotopic (exact) mass is 272 g/mol. The van der Waals surface area contributed by atoms with E-state index in [0.717, 1.165) is 6.16 Å². The Balaban J connectivity index is 2.21. The zero-order valence-corrected chi connectivity index (χ0v) is 11.8. The van der Waals surface area contributed by atoms with Gasteiger partial charge in [-0.3, -0.25) is 4.79 Å². The minimum atomic E-state index is -0.490. The van der Waals surface area contributed by atoms with E-state index in [1.807, 2.05) is 36.4 Å². The summed E-state index contributed by atoms with van der Waals surface area (Å²) < 4.78 is 4.74. The van der Waals surface area contributed by atoms with Crippen molar-refractivity contribution in [2.24, 2.45) is 0 Å². The third-order valence-corrected chi connectivity index (χ3v) is 5.42. The Bertz CT molecular complexity index is 471. The molecule has 98 valence electrons. The third kappa shape index (κ3) is 3.90. The van der Waals surface area contributed by atoms with Crippen molar-refractivity contribution in [2.45, 2.75) is 6.42 Å². The van der Waals surface area contributed by atoms with Gasteiger partial charge in [-0.1, -0.05) is 60.7 Å². The Kier molecular flexibility index (Phi) is 5.11. The van der Waals surface area contributed by atoms with E-state index in [2.05, 4.69) is 24.3 Å². The molecule has 0 aliphatic heterocycles. The molecular formula is C16H17O2P. The second-order valence-electron chi connectivity index (χ2n) is 4.15. The molecule has 0 aromatic heterocycles. The Hall–Kier alpha value is -1.66. The van der Waals surface area contributed by atoms with Gasteiger partial charge in [0.25, 0.3) is 0 Å². The van der Waals surface area contributed by atoms with Crippen LogP contribution in [0.15, 0.2) is 60.7 Å². The van der Waals surface area contributed by atoms with Crippen molar-refractivity contribution in [3.8, 4) is 0 Å². The van der Waals surface area contributed by atoms with E-state index in [0.29, 0.717) is 6.42 Å². The van der Waals surface area contributed by atoms with Crippen LogP contribution in [0.4, 0.5) is 0 Å². The van der Waals surface area contributed by atoms with E-state index in [-0.39, 0.29) is 5.97 Å². The van der Waals surface area contributed by atoms with Crippen molar-refractivity contribution >= 4 is 24.5 Å². The normalized spacial score (nSPS) is 10.4. The fraction of sp³-hybridized carbons (Fsp3) is 0.188. The first-order valence-corrected chi connectivity index (χ1v) is 7.78. The van der Waals surface area contributed by atoms with Crippen molar-refractivity contribution in [1.29, 1.82) is 0 Å². The molecule has 0 radical (unpaired) electrons.